The van der Waals surface area contributed by atoms with Crippen LogP contribution in [0.15, 0.2) is 65.6 Å². The zero-order valence-electron chi connectivity index (χ0n) is 11.0. The van der Waals surface area contributed by atoms with Crippen LogP contribution in [0.1, 0.15) is 5.56 Å². The molecule has 0 aliphatic rings. The van der Waals surface area contributed by atoms with Crippen molar-refractivity contribution in [2.75, 3.05) is 12.3 Å². The Morgan fingerprint density at radius 2 is 1.40 bits per heavy atom. The van der Waals surface area contributed by atoms with Crippen molar-refractivity contribution in [3.8, 4) is 0 Å². The molecule has 0 unspecified atom stereocenters. The molecular weight excluding hydrogens is 294 g/mol. The number of hydrogen-bond donors (Lipinski definition) is 1. The van der Waals surface area contributed by atoms with Crippen molar-refractivity contribution < 1.29 is 8.42 Å². The third-order valence-corrected chi connectivity index (χ3v) is 4.55. The summed E-state index contributed by atoms with van der Waals surface area (Å²) in [4.78, 5) is 0.386. The molecule has 0 fully saturated rings. The molecule has 0 saturated carbocycles. The molecule has 0 radical (unpaired) electrons. The Bertz CT molecular complexity index is 600. The number of sulfone groups is 1. The van der Waals surface area contributed by atoms with Crippen LogP contribution in [0.25, 0.3) is 0 Å². The Morgan fingerprint density at radius 1 is 0.850 bits per heavy atom. The minimum atomic E-state index is -3.18. The van der Waals surface area contributed by atoms with Crippen LogP contribution in [0.2, 0.25) is 0 Å². The minimum Gasteiger partial charge on any atom is -0.312 e. The molecule has 5 heteroatoms. The Balaban J connectivity index is 0.00000200. The molecule has 2 aromatic carbocycles. The summed E-state index contributed by atoms with van der Waals surface area (Å²) in [5.74, 6) is 0.115. The van der Waals surface area contributed by atoms with Crippen molar-refractivity contribution in [3.05, 3.63) is 66.2 Å². The maximum absolute atomic E-state index is 12.0. The number of hydrogen-bond acceptors (Lipinski definition) is 3. The van der Waals surface area contributed by atoms with Crippen LogP contribution in [0.5, 0.6) is 0 Å². The molecule has 0 amide bonds. The molecule has 0 saturated heterocycles. The van der Waals surface area contributed by atoms with Gasteiger partial charge < -0.3 is 5.32 Å². The first kappa shape index (κ1) is 16.7. The second-order valence-corrected chi connectivity index (χ2v) is 6.40. The van der Waals surface area contributed by atoms with Crippen LogP contribution in [0.4, 0.5) is 0 Å². The van der Waals surface area contributed by atoms with Crippen LogP contribution in [-0.4, -0.2) is 20.7 Å². The Kier molecular flexibility index (Phi) is 6.71. The molecule has 1 N–H and O–H groups in total. The Morgan fingerprint density at radius 3 is 2.00 bits per heavy atom. The predicted octanol–water partition coefficient (Wildman–Crippen LogP) is 2.67. The molecular formula is C15H18ClNO2S. The van der Waals surface area contributed by atoms with Crippen molar-refractivity contribution in [1.82, 2.24) is 5.32 Å². The number of nitrogens with one attached hydrogen (secondary N) is 1. The standard InChI is InChI=1S/C15H17NO2S.ClH/c17-19(18,15-9-5-2-6-10-15)12-11-16-13-14-7-3-1-4-8-14;/h1-10,16H,11-13H2;1H. The summed E-state index contributed by atoms with van der Waals surface area (Å²) in [7, 11) is -3.18. The van der Waals surface area contributed by atoms with Gasteiger partial charge in [0.15, 0.2) is 9.84 Å². The van der Waals surface area contributed by atoms with E-state index in [1.54, 1.807) is 24.3 Å². The fourth-order valence-electron chi connectivity index (χ4n) is 1.78. The summed E-state index contributed by atoms with van der Waals surface area (Å²) in [6.45, 7) is 1.14. The maximum atomic E-state index is 12.0. The van der Waals surface area contributed by atoms with Gasteiger partial charge in [-0.25, -0.2) is 8.42 Å². The maximum Gasteiger partial charge on any atom is 0.179 e. The largest absolute Gasteiger partial charge is 0.312 e. The van der Waals surface area contributed by atoms with E-state index >= 15 is 0 Å². The van der Waals surface area contributed by atoms with Crippen molar-refractivity contribution >= 4 is 22.2 Å². The van der Waals surface area contributed by atoms with Crippen molar-refractivity contribution in [2.45, 2.75) is 11.4 Å². The summed E-state index contributed by atoms with van der Waals surface area (Å²) in [5, 5.41) is 3.15. The van der Waals surface area contributed by atoms with Crippen LogP contribution >= 0.6 is 12.4 Å². The normalized spacial score (nSPS) is 10.8. The SMILES string of the molecule is Cl.O=S(=O)(CCNCc1ccccc1)c1ccccc1. The van der Waals surface area contributed by atoms with E-state index in [1.165, 1.54) is 0 Å². The molecule has 0 heterocycles. The lowest BCUT2D eigenvalue weighted by atomic mass is 10.2. The third kappa shape index (κ3) is 4.96. The Hall–Kier alpha value is -1.36. The van der Waals surface area contributed by atoms with E-state index in [1.807, 2.05) is 36.4 Å². The van der Waals surface area contributed by atoms with Gasteiger partial charge in [-0.2, -0.15) is 0 Å². The molecule has 0 bridgehead atoms. The topological polar surface area (TPSA) is 46.2 Å². The van der Waals surface area contributed by atoms with Gasteiger partial charge in [0.25, 0.3) is 0 Å². The van der Waals surface area contributed by atoms with Gasteiger partial charge in [-0.3, -0.25) is 0 Å². The second-order valence-electron chi connectivity index (χ2n) is 4.29. The Labute approximate surface area is 126 Å². The molecule has 0 aliphatic heterocycles. The first-order valence-corrected chi connectivity index (χ1v) is 7.86. The van der Waals surface area contributed by atoms with Gasteiger partial charge in [0.2, 0.25) is 0 Å². The van der Waals surface area contributed by atoms with Gasteiger partial charge in [-0.1, -0.05) is 48.5 Å². The molecule has 3 nitrogen and oxygen atoms in total. The lowest BCUT2D eigenvalue weighted by Gasteiger charge is -2.06. The molecule has 108 valence electrons. The van der Waals surface area contributed by atoms with Gasteiger partial charge in [0.1, 0.15) is 0 Å². The van der Waals surface area contributed by atoms with Crippen LogP contribution in [0.3, 0.4) is 0 Å². The fourth-order valence-corrected chi connectivity index (χ4v) is 3.00. The van der Waals surface area contributed by atoms with Crippen LogP contribution in [0, 0.1) is 0 Å². The molecule has 0 aliphatic carbocycles. The van der Waals surface area contributed by atoms with Crippen molar-refractivity contribution in [1.29, 1.82) is 0 Å². The van der Waals surface area contributed by atoms with Gasteiger partial charge in [-0.15, -0.1) is 12.4 Å². The van der Waals surface area contributed by atoms with E-state index in [4.69, 9.17) is 0 Å². The van der Waals surface area contributed by atoms with E-state index in [2.05, 4.69) is 5.32 Å². The van der Waals surface area contributed by atoms with E-state index in [9.17, 15) is 8.42 Å². The quantitative estimate of drug-likeness (QED) is 0.834. The second kappa shape index (κ2) is 8.04. The van der Waals surface area contributed by atoms with Crippen molar-refractivity contribution in [3.63, 3.8) is 0 Å². The predicted molar refractivity (Wildman–Crippen MR) is 83.9 cm³/mol. The van der Waals surface area contributed by atoms with E-state index < -0.39 is 9.84 Å². The summed E-state index contributed by atoms with van der Waals surface area (Å²) >= 11 is 0. The van der Waals surface area contributed by atoms with Crippen LogP contribution < -0.4 is 5.32 Å². The van der Waals surface area contributed by atoms with Gasteiger partial charge >= 0.3 is 0 Å². The zero-order chi connectivity index (χ0) is 13.6. The fraction of sp³-hybridized carbons (Fsp3) is 0.200. The lowest BCUT2D eigenvalue weighted by molar-refractivity contribution is 0.590. The van der Waals surface area contributed by atoms with Crippen molar-refractivity contribution in [2.24, 2.45) is 0 Å². The van der Waals surface area contributed by atoms with Gasteiger partial charge in [0, 0.05) is 13.1 Å². The van der Waals surface area contributed by atoms with E-state index in [0.717, 1.165) is 5.56 Å². The van der Waals surface area contributed by atoms with Gasteiger partial charge in [0.05, 0.1) is 10.6 Å². The molecule has 2 aromatic rings. The third-order valence-electron chi connectivity index (χ3n) is 2.82. The summed E-state index contributed by atoms with van der Waals surface area (Å²) in [6, 6.07) is 18.5. The zero-order valence-corrected chi connectivity index (χ0v) is 12.7. The highest BCUT2D eigenvalue weighted by Crippen LogP contribution is 2.09. The summed E-state index contributed by atoms with van der Waals surface area (Å²) in [6.07, 6.45) is 0. The molecule has 0 spiro atoms. The number of benzene rings is 2. The average molecular weight is 312 g/mol. The van der Waals surface area contributed by atoms with Crippen LogP contribution in [-0.2, 0) is 16.4 Å². The monoisotopic (exact) mass is 311 g/mol. The summed E-state index contributed by atoms with van der Waals surface area (Å²) < 4.78 is 24.0. The van der Waals surface area contributed by atoms with Gasteiger partial charge in [-0.05, 0) is 17.7 Å². The first-order chi connectivity index (χ1) is 9.18. The van der Waals surface area contributed by atoms with E-state index in [-0.39, 0.29) is 18.2 Å². The molecule has 0 atom stereocenters. The summed E-state index contributed by atoms with van der Waals surface area (Å²) in [5.41, 5.74) is 1.15. The molecule has 20 heavy (non-hydrogen) atoms. The highest BCUT2D eigenvalue weighted by Gasteiger charge is 2.12. The number of rotatable bonds is 6. The lowest BCUT2D eigenvalue weighted by Crippen LogP contribution is -2.22. The molecule has 2 rings (SSSR count). The smallest absolute Gasteiger partial charge is 0.179 e. The minimum absolute atomic E-state index is 0. The van der Waals surface area contributed by atoms with E-state index in [0.29, 0.717) is 18.0 Å². The molecule has 0 aromatic heterocycles. The highest BCUT2D eigenvalue weighted by molar-refractivity contribution is 7.91. The average Bonchev–Trinajstić information content (AvgIpc) is 2.46. The first-order valence-electron chi connectivity index (χ1n) is 6.21. The highest BCUT2D eigenvalue weighted by atomic mass is 35.5. The number of halogens is 1.